The maximum atomic E-state index is 14.8. The molecule has 2 fully saturated rings. The van der Waals surface area contributed by atoms with E-state index in [2.05, 4.69) is 6.07 Å². The molecule has 2 aromatic carbocycles. The van der Waals surface area contributed by atoms with Gasteiger partial charge < -0.3 is 4.74 Å². The third kappa shape index (κ3) is 7.10. The highest BCUT2D eigenvalue weighted by Gasteiger charge is 2.39. The van der Waals surface area contributed by atoms with Gasteiger partial charge in [-0.3, -0.25) is 9.69 Å². The van der Waals surface area contributed by atoms with Crippen LogP contribution in [0.1, 0.15) is 71.6 Å². The number of alkyl halides is 3. The van der Waals surface area contributed by atoms with E-state index < -0.39 is 61.3 Å². The van der Waals surface area contributed by atoms with Crippen molar-refractivity contribution in [3.05, 3.63) is 63.2 Å². The van der Waals surface area contributed by atoms with E-state index in [-0.39, 0.29) is 49.8 Å². The number of piperidine rings is 1. The second kappa shape index (κ2) is 11.4. The number of nitrogens with zero attached hydrogens (tertiary/aromatic N) is 2. The van der Waals surface area contributed by atoms with Crippen LogP contribution >= 0.6 is 11.6 Å². The van der Waals surface area contributed by atoms with Gasteiger partial charge in [0.25, 0.3) is 5.91 Å². The highest BCUT2D eigenvalue weighted by atomic mass is 35.5. The summed E-state index contributed by atoms with van der Waals surface area (Å²) in [6.45, 7) is 1.94. The van der Waals surface area contributed by atoms with Crippen molar-refractivity contribution in [1.82, 2.24) is 9.62 Å². The van der Waals surface area contributed by atoms with Crippen molar-refractivity contribution >= 4 is 27.5 Å². The molecule has 4 rings (SSSR count). The fourth-order valence-corrected chi connectivity index (χ4v) is 5.60. The number of carbonyl (C=O) groups excluding carboxylic acids is 1. The van der Waals surface area contributed by atoms with Crippen LogP contribution in [0.2, 0.25) is 5.02 Å². The number of ether oxygens (including phenoxy) is 1. The largest absolute Gasteiger partial charge is 0.492 e. The van der Waals surface area contributed by atoms with Gasteiger partial charge in [-0.2, -0.15) is 18.4 Å². The van der Waals surface area contributed by atoms with E-state index in [9.17, 15) is 40.4 Å². The summed E-state index contributed by atoms with van der Waals surface area (Å²) in [5.74, 6) is -2.89. The van der Waals surface area contributed by atoms with Gasteiger partial charge in [-0.1, -0.05) is 11.6 Å². The standard InChI is InChI=1S/C27H27ClF5N3O4S/c1-15(18-9-17(27(31,32)33)10-21(28)24(18)30)36-7-5-26(13-34,6-8-36)14-40-23-12-22(29)20(11-19(23)16-3-4-16)25(37)35-41(2,38)39/h9-12,15-16H,3-8,14H2,1-2H3,(H,35,37). The molecule has 1 amide bonds. The average Bonchev–Trinajstić information content (AvgIpc) is 3.72. The van der Waals surface area contributed by atoms with Crippen LogP contribution < -0.4 is 9.46 Å². The monoisotopic (exact) mass is 619 g/mol. The molecule has 0 aromatic heterocycles. The number of sulfonamides is 1. The Kier molecular flexibility index (Phi) is 8.60. The molecule has 1 heterocycles. The summed E-state index contributed by atoms with van der Waals surface area (Å²) in [7, 11) is -3.91. The van der Waals surface area contributed by atoms with Crippen molar-refractivity contribution in [2.75, 3.05) is 26.0 Å². The Bertz CT molecular complexity index is 1500. The molecule has 1 atom stereocenters. The minimum Gasteiger partial charge on any atom is -0.492 e. The zero-order chi connectivity index (χ0) is 30.3. The van der Waals surface area contributed by atoms with Gasteiger partial charge in [0.15, 0.2) is 0 Å². The first-order valence-corrected chi connectivity index (χ1v) is 15.0. The molecule has 2 aliphatic rings. The molecule has 0 bridgehead atoms. The van der Waals surface area contributed by atoms with Gasteiger partial charge in [0, 0.05) is 30.8 Å². The lowest BCUT2D eigenvalue weighted by molar-refractivity contribution is -0.137. The molecule has 222 valence electrons. The number of hydrogen-bond donors (Lipinski definition) is 1. The molecule has 1 aliphatic carbocycles. The lowest BCUT2D eigenvalue weighted by Crippen LogP contribution is -2.43. The van der Waals surface area contributed by atoms with Crippen molar-refractivity contribution in [3.63, 3.8) is 0 Å². The number of benzene rings is 2. The van der Waals surface area contributed by atoms with E-state index in [1.807, 2.05) is 0 Å². The summed E-state index contributed by atoms with van der Waals surface area (Å²) in [6, 6.07) is 5.06. The third-order valence-corrected chi connectivity index (χ3v) is 8.35. The number of amides is 1. The number of hydrogen-bond acceptors (Lipinski definition) is 6. The van der Waals surface area contributed by atoms with Crippen molar-refractivity contribution < 1.29 is 39.9 Å². The van der Waals surface area contributed by atoms with Gasteiger partial charge in [-0.05, 0) is 62.3 Å². The molecule has 1 N–H and O–H groups in total. The van der Waals surface area contributed by atoms with Crippen LogP contribution in [-0.2, 0) is 16.2 Å². The summed E-state index contributed by atoms with van der Waals surface area (Å²) < 4.78 is 99.9. The Morgan fingerprint density at radius 1 is 1.22 bits per heavy atom. The van der Waals surface area contributed by atoms with E-state index in [1.165, 1.54) is 6.07 Å². The van der Waals surface area contributed by atoms with Gasteiger partial charge in [0.2, 0.25) is 10.0 Å². The minimum atomic E-state index is -4.70. The number of nitriles is 1. The minimum absolute atomic E-state index is 0.00898. The average molecular weight is 620 g/mol. The molecule has 1 saturated heterocycles. The third-order valence-electron chi connectivity index (χ3n) is 7.52. The molecule has 1 aliphatic heterocycles. The lowest BCUT2D eigenvalue weighted by Gasteiger charge is -2.40. The maximum absolute atomic E-state index is 14.8. The number of nitrogens with one attached hydrogen (secondary N) is 1. The predicted octanol–water partition coefficient (Wildman–Crippen LogP) is 5.95. The topological polar surface area (TPSA) is 99.5 Å². The molecule has 0 spiro atoms. The van der Waals surface area contributed by atoms with E-state index in [4.69, 9.17) is 16.3 Å². The second-order valence-corrected chi connectivity index (χ2v) is 12.8. The van der Waals surface area contributed by atoms with E-state index in [0.717, 1.165) is 31.2 Å². The van der Waals surface area contributed by atoms with Crippen molar-refractivity contribution in [2.45, 2.75) is 50.7 Å². The summed E-state index contributed by atoms with van der Waals surface area (Å²) in [4.78, 5) is 14.0. The van der Waals surface area contributed by atoms with Crippen LogP contribution in [0.4, 0.5) is 22.0 Å². The SMILES string of the molecule is CC(c1cc(C(F)(F)F)cc(Cl)c1F)N1CCC(C#N)(COc2cc(F)c(C(=O)NS(C)(=O)=O)cc2C2CC2)CC1. The van der Waals surface area contributed by atoms with Crippen LogP contribution in [0.5, 0.6) is 5.75 Å². The molecular weight excluding hydrogens is 593 g/mol. The first-order valence-electron chi connectivity index (χ1n) is 12.7. The molecule has 14 heteroatoms. The highest BCUT2D eigenvalue weighted by molar-refractivity contribution is 7.89. The molecule has 41 heavy (non-hydrogen) atoms. The zero-order valence-electron chi connectivity index (χ0n) is 22.1. The fraction of sp³-hybridized carbons (Fsp3) is 0.481. The Hall–Kier alpha value is -2.95. The molecule has 1 unspecified atom stereocenters. The first-order chi connectivity index (χ1) is 19.0. The zero-order valence-corrected chi connectivity index (χ0v) is 23.7. The second-order valence-electron chi connectivity index (χ2n) is 10.6. The van der Waals surface area contributed by atoms with E-state index in [0.29, 0.717) is 11.6 Å². The van der Waals surface area contributed by atoms with Gasteiger partial charge in [-0.25, -0.2) is 21.9 Å². The lowest BCUT2D eigenvalue weighted by atomic mass is 9.80. The van der Waals surface area contributed by atoms with Crippen molar-refractivity contribution in [3.8, 4) is 11.8 Å². The first kappa shape index (κ1) is 31.0. The molecular formula is C27H27ClF5N3O4S. The Balaban J connectivity index is 1.48. The predicted molar refractivity (Wildman–Crippen MR) is 140 cm³/mol. The van der Waals surface area contributed by atoms with Gasteiger partial charge in [0.1, 0.15) is 24.0 Å². The smallest absolute Gasteiger partial charge is 0.416 e. The summed E-state index contributed by atoms with van der Waals surface area (Å²) in [5.41, 5.74) is -2.18. The number of rotatable bonds is 8. The summed E-state index contributed by atoms with van der Waals surface area (Å²) in [6.07, 6.45) is -1.89. The summed E-state index contributed by atoms with van der Waals surface area (Å²) in [5, 5.41) is 9.38. The molecule has 0 radical (unpaired) electrons. The van der Waals surface area contributed by atoms with Crippen LogP contribution in [-0.4, -0.2) is 45.2 Å². The maximum Gasteiger partial charge on any atom is 0.416 e. The van der Waals surface area contributed by atoms with Crippen LogP contribution in [0, 0.1) is 28.4 Å². The van der Waals surface area contributed by atoms with E-state index >= 15 is 0 Å². The van der Waals surface area contributed by atoms with Crippen molar-refractivity contribution in [1.29, 1.82) is 5.26 Å². The van der Waals surface area contributed by atoms with Gasteiger partial charge in [-0.15, -0.1) is 0 Å². The summed E-state index contributed by atoms with van der Waals surface area (Å²) >= 11 is 5.75. The van der Waals surface area contributed by atoms with Crippen LogP contribution in [0.3, 0.4) is 0 Å². The van der Waals surface area contributed by atoms with Crippen LogP contribution in [0.25, 0.3) is 0 Å². The van der Waals surface area contributed by atoms with Crippen molar-refractivity contribution in [2.24, 2.45) is 5.41 Å². The van der Waals surface area contributed by atoms with Crippen LogP contribution in [0.15, 0.2) is 24.3 Å². The van der Waals surface area contributed by atoms with E-state index in [1.54, 1.807) is 16.5 Å². The van der Waals surface area contributed by atoms with Gasteiger partial charge >= 0.3 is 6.18 Å². The molecule has 7 nitrogen and oxygen atoms in total. The Labute approximate surface area is 239 Å². The normalized spacial score (nSPS) is 18.4. The molecule has 2 aromatic rings. The fourth-order valence-electron chi connectivity index (χ4n) is 4.93. The number of halogens is 6. The number of likely N-dealkylation sites (tertiary alicyclic amines) is 1. The Morgan fingerprint density at radius 3 is 2.39 bits per heavy atom. The number of carbonyl (C=O) groups is 1. The highest BCUT2D eigenvalue weighted by Crippen LogP contribution is 2.46. The van der Waals surface area contributed by atoms with Gasteiger partial charge in [0.05, 0.1) is 33.9 Å². The quantitative estimate of drug-likeness (QED) is 0.367. The molecule has 1 saturated carbocycles. The Morgan fingerprint density at radius 2 is 1.85 bits per heavy atom.